The molecule has 3 rings (SSSR count). The Morgan fingerprint density at radius 1 is 1.32 bits per heavy atom. The Balaban J connectivity index is 1.76. The highest BCUT2D eigenvalue weighted by Gasteiger charge is 2.29. The number of benzene rings is 1. The van der Waals surface area contributed by atoms with Crippen LogP contribution in [-0.2, 0) is 22.4 Å². The standard InChI is InChI=1S/C20H21Cl2NO4S/c1-3-26-20(25)18-13-6-4-11(2)8-16(13)28-19(18)23-17(24)10-27-15-9-12(21)5-7-14(15)22/h5,7,9,11H,3-4,6,8,10H2,1-2H3,(H,23,24)/t11-/m0/s1. The maximum atomic E-state index is 12.5. The van der Waals surface area contributed by atoms with E-state index in [1.165, 1.54) is 11.3 Å². The number of carbonyl (C=O) groups is 2. The summed E-state index contributed by atoms with van der Waals surface area (Å²) in [5, 5.41) is 4.15. The Bertz CT molecular complexity index is 897. The lowest BCUT2D eigenvalue weighted by Gasteiger charge is -2.18. The number of nitrogens with one attached hydrogen (secondary N) is 1. The number of thiophene rings is 1. The van der Waals surface area contributed by atoms with E-state index in [0.717, 1.165) is 29.7 Å². The van der Waals surface area contributed by atoms with Gasteiger partial charge in [-0.15, -0.1) is 11.3 Å². The topological polar surface area (TPSA) is 64.6 Å². The molecule has 0 aliphatic heterocycles. The van der Waals surface area contributed by atoms with Crippen molar-refractivity contribution in [3.63, 3.8) is 0 Å². The highest BCUT2D eigenvalue weighted by Crippen LogP contribution is 2.40. The van der Waals surface area contributed by atoms with E-state index in [1.807, 2.05) is 0 Å². The first-order valence-electron chi connectivity index (χ1n) is 9.08. The number of fused-ring (bicyclic) bond motifs is 1. The minimum Gasteiger partial charge on any atom is -0.482 e. The SMILES string of the molecule is CCOC(=O)c1c(NC(=O)COc2cc(Cl)ccc2Cl)sc2c1CC[C@H](C)C2. The first-order chi connectivity index (χ1) is 13.4. The molecule has 8 heteroatoms. The Morgan fingerprint density at radius 3 is 2.86 bits per heavy atom. The van der Waals surface area contributed by atoms with Crippen LogP contribution < -0.4 is 10.1 Å². The first kappa shape index (κ1) is 21.0. The molecular formula is C20H21Cl2NO4S. The smallest absolute Gasteiger partial charge is 0.341 e. The molecule has 1 amide bonds. The minimum absolute atomic E-state index is 0.249. The van der Waals surface area contributed by atoms with E-state index >= 15 is 0 Å². The molecule has 1 aromatic carbocycles. The summed E-state index contributed by atoms with van der Waals surface area (Å²) in [4.78, 5) is 26.1. The van der Waals surface area contributed by atoms with Crippen LogP contribution in [0.3, 0.4) is 0 Å². The van der Waals surface area contributed by atoms with Crippen LogP contribution in [0.15, 0.2) is 18.2 Å². The van der Waals surface area contributed by atoms with Crippen LogP contribution in [0.4, 0.5) is 5.00 Å². The molecule has 0 radical (unpaired) electrons. The zero-order valence-electron chi connectivity index (χ0n) is 15.6. The van der Waals surface area contributed by atoms with Crippen LogP contribution in [0, 0.1) is 5.92 Å². The third-order valence-corrected chi connectivity index (χ3v) is 6.21. The number of hydrogen-bond acceptors (Lipinski definition) is 5. The number of hydrogen-bond donors (Lipinski definition) is 1. The van der Waals surface area contributed by atoms with Crippen molar-refractivity contribution in [2.24, 2.45) is 5.92 Å². The Kier molecular flexibility index (Phi) is 6.86. The second-order valence-corrected chi connectivity index (χ2v) is 8.64. The number of carbonyl (C=O) groups excluding carboxylic acids is 2. The van der Waals surface area contributed by atoms with Gasteiger partial charge in [-0.3, -0.25) is 4.79 Å². The van der Waals surface area contributed by atoms with E-state index in [9.17, 15) is 9.59 Å². The van der Waals surface area contributed by atoms with E-state index in [2.05, 4.69) is 12.2 Å². The Hall–Kier alpha value is -1.76. The molecule has 1 aliphatic rings. The normalized spacial score (nSPS) is 15.6. The number of ether oxygens (including phenoxy) is 2. The molecule has 28 heavy (non-hydrogen) atoms. The molecule has 0 spiro atoms. The monoisotopic (exact) mass is 441 g/mol. The van der Waals surface area contributed by atoms with E-state index in [-0.39, 0.29) is 19.1 Å². The highest BCUT2D eigenvalue weighted by molar-refractivity contribution is 7.17. The number of anilines is 1. The molecule has 0 fully saturated rings. The third-order valence-electron chi connectivity index (χ3n) is 4.50. The van der Waals surface area contributed by atoms with Crippen molar-refractivity contribution in [2.75, 3.05) is 18.5 Å². The molecule has 1 aromatic heterocycles. The van der Waals surface area contributed by atoms with Crippen molar-refractivity contribution >= 4 is 51.4 Å². The van der Waals surface area contributed by atoms with Gasteiger partial charge in [0.15, 0.2) is 6.61 Å². The molecule has 150 valence electrons. The molecule has 0 saturated carbocycles. The maximum Gasteiger partial charge on any atom is 0.341 e. The number of esters is 1. The van der Waals surface area contributed by atoms with Gasteiger partial charge in [-0.2, -0.15) is 0 Å². The summed E-state index contributed by atoms with van der Waals surface area (Å²) >= 11 is 13.4. The summed E-state index contributed by atoms with van der Waals surface area (Å²) < 4.78 is 10.7. The Labute approximate surface area is 177 Å². The summed E-state index contributed by atoms with van der Waals surface area (Å²) in [6.45, 7) is 3.98. The average Bonchev–Trinajstić information content (AvgIpc) is 2.99. The van der Waals surface area contributed by atoms with Gasteiger partial charge in [-0.25, -0.2) is 4.79 Å². The van der Waals surface area contributed by atoms with Gasteiger partial charge >= 0.3 is 5.97 Å². The van der Waals surface area contributed by atoms with Gasteiger partial charge in [0.25, 0.3) is 5.91 Å². The van der Waals surface area contributed by atoms with E-state index in [0.29, 0.717) is 32.3 Å². The largest absolute Gasteiger partial charge is 0.482 e. The molecule has 1 aliphatic carbocycles. The zero-order chi connectivity index (χ0) is 20.3. The number of halogens is 2. The summed E-state index contributed by atoms with van der Waals surface area (Å²) in [5.74, 6) is 0.101. The Morgan fingerprint density at radius 2 is 2.11 bits per heavy atom. The van der Waals surface area contributed by atoms with Crippen molar-refractivity contribution in [1.29, 1.82) is 0 Å². The number of amides is 1. The average molecular weight is 442 g/mol. The van der Waals surface area contributed by atoms with Gasteiger partial charge in [0.2, 0.25) is 0 Å². The highest BCUT2D eigenvalue weighted by atomic mass is 35.5. The van der Waals surface area contributed by atoms with Gasteiger partial charge < -0.3 is 14.8 Å². The molecule has 0 unspecified atom stereocenters. The third kappa shape index (κ3) is 4.80. The minimum atomic E-state index is -0.399. The van der Waals surface area contributed by atoms with Gasteiger partial charge in [0.1, 0.15) is 10.8 Å². The van der Waals surface area contributed by atoms with Crippen LogP contribution in [0.5, 0.6) is 5.75 Å². The molecule has 1 N–H and O–H groups in total. The molecule has 0 bridgehead atoms. The molecular weight excluding hydrogens is 421 g/mol. The molecule has 1 atom stereocenters. The van der Waals surface area contributed by atoms with Crippen molar-refractivity contribution in [1.82, 2.24) is 0 Å². The van der Waals surface area contributed by atoms with Crippen LogP contribution in [0.1, 0.15) is 41.1 Å². The van der Waals surface area contributed by atoms with Gasteiger partial charge in [-0.05, 0) is 49.8 Å². The fourth-order valence-electron chi connectivity index (χ4n) is 3.15. The fourth-order valence-corrected chi connectivity index (χ4v) is 4.90. The number of rotatable bonds is 6. The summed E-state index contributed by atoms with van der Waals surface area (Å²) in [6, 6.07) is 4.79. The van der Waals surface area contributed by atoms with Crippen molar-refractivity contribution in [3.05, 3.63) is 44.2 Å². The van der Waals surface area contributed by atoms with Crippen molar-refractivity contribution < 1.29 is 19.1 Å². The van der Waals surface area contributed by atoms with E-state index in [1.54, 1.807) is 25.1 Å². The van der Waals surface area contributed by atoms with Gasteiger partial charge in [0, 0.05) is 16.0 Å². The van der Waals surface area contributed by atoms with E-state index < -0.39 is 5.97 Å². The van der Waals surface area contributed by atoms with Crippen LogP contribution in [-0.4, -0.2) is 25.1 Å². The lowest BCUT2D eigenvalue weighted by atomic mass is 9.88. The predicted molar refractivity (Wildman–Crippen MR) is 112 cm³/mol. The van der Waals surface area contributed by atoms with E-state index in [4.69, 9.17) is 32.7 Å². The second kappa shape index (κ2) is 9.16. The first-order valence-corrected chi connectivity index (χ1v) is 10.7. The molecule has 1 heterocycles. The lowest BCUT2D eigenvalue weighted by molar-refractivity contribution is -0.118. The molecule has 5 nitrogen and oxygen atoms in total. The quantitative estimate of drug-likeness (QED) is 0.611. The summed E-state index contributed by atoms with van der Waals surface area (Å²) in [5.41, 5.74) is 1.47. The van der Waals surface area contributed by atoms with Gasteiger partial charge in [-0.1, -0.05) is 30.1 Å². The summed E-state index contributed by atoms with van der Waals surface area (Å²) in [6.07, 6.45) is 2.72. The van der Waals surface area contributed by atoms with Crippen LogP contribution >= 0.6 is 34.5 Å². The summed E-state index contributed by atoms with van der Waals surface area (Å²) in [7, 11) is 0. The molecule has 2 aromatic rings. The lowest BCUT2D eigenvalue weighted by Crippen LogP contribution is -2.21. The van der Waals surface area contributed by atoms with Crippen LogP contribution in [0.25, 0.3) is 0 Å². The van der Waals surface area contributed by atoms with Crippen molar-refractivity contribution in [2.45, 2.75) is 33.1 Å². The second-order valence-electron chi connectivity index (χ2n) is 6.69. The predicted octanol–water partition coefficient (Wildman–Crippen LogP) is 5.37. The molecule has 0 saturated heterocycles. The van der Waals surface area contributed by atoms with Crippen molar-refractivity contribution in [3.8, 4) is 5.75 Å². The zero-order valence-corrected chi connectivity index (χ0v) is 18.0. The van der Waals surface area contributed by atoms with Crippen LogP contribution in [0.2, 0.25) is 10.0 Å². The van der Waals surface area contributed by atoms with Gasteiger partial charge in [0.05, 0.1) is 17.2 Å². The fraction of sp³-hybridized carbons (Fsp3) is 0.400. The maximum absolute atomic E-state index is 12.5.